The molecule has 2 amide bonds. The molecule has 0 saturated heterocycles. The molecule has 2 N–H and O–H groups in total. The number of alkyl halides is 3. The molecule has 0 aliphatic rings. The van der Waals surface area contributed by atoms with E-state index in [1.807, 2.05) is 10.9 Å². The predicted molar refractivity (Wildman–Crippen MR) is 45.1 cm³/mol. The lowest BCUT2D eigenvalue weighted by atomic mass is 10.6. The van der Waals surface area contributed by atoms with Gasteiger partial charge in [0, 0.05) is 14.1 Å². The zero-order valence-electron chi connectivity index (χ0n) is 8.29. The van der Waals surface area contributed by atoms with Gasteiger partial charge in [-0.25, -0.2) is 15.6 Å². The first-order chi connectivity index (χ1) is 7.30. The number of carbonyl (C=O) groups excluding carboxylic acids is 1. The summed E-state index contributed by atoms with van der Waals surface area (Å²) in [6.07, 6.45) is -4.69. The summed E-state index contributed by atoms with van der Waals surface area (Å²) in [5.74, 6) is -1.42. The van der Waals surface area contributed by atoms with Gasteiger partial charge in [-0.1, -0.05) is 0 Å². The van der Waals surface area contributed by atoms with Crippen molar-refractivity contribution in [2.24, 2.45) is 0 Å². The van der Waals surface area contributed by atoms with E-state index in [9.17, 15) is 18.0 Å². The van der Waals surface area contributed by atoms with E-state index in [1.165, 1.54) is 14.1 Å². The normalized spacial score (nSPS) is 11.1. The maximum absolute atomic E-state index is 12.0. The van der Waals surface area contributed by atoms with Gasteiger partial charge in [-0.05, 0) is 5.16 Å². The van der Waals surface area contributed by atoms with Crippen LogP contribution in [-0.4, -0.2) is 35.2 Å². The molecule has 1 aromatic heterocycles. The molecule has 0 bridgehead atoms. The topological polar surface area (TPSA) is 83.3 Å². The van der Waals surface area contributed by atoms with Gasteiger partial charge in [0.05, 0.1) is 0 Å². The van der Waals surface area contributed by atoms with Crippen LogP contribution >= 0.6 is 0 Å². The van der Waals surface area contributed by atoms with Crippen molar-refractivity contribution in [3.8, 4) is 0 Å². The Bertz CT molecular complexity index is 374. The first-order valence-corrected chi connectivity index (χ1v) is 3.95. The molecule has 16 heavy (non-hydrogen) atoms. The highest BCUT2D eigenvalue weighted by Gasteiger charge is 2.37. The summed E-state index contributed by atoms with van der Waals surface area (Å²) in [5, 5.41) is 2.67. The van der Waals surface area contributed by atoms with Gasteiger partial charge in [0.2, 0.25) is 0 Å². The lowest BCUT2D eigenvalue weighted by Gasteiger charge is -2.10. The summed E-state index contributed by atoms with van der Waals surface area (Å²) in [7, 11) is 2.90. The molecule has 90 valence electrons. The molecule has 1 rings (SSSR count). The van der Waals surface area contributed by atoms with E-state index >= 15 is 0 Å². The number of rotatable bonds is 2. The van der Waals surface area contributed by atoms with Crippen LogP contribution in [0.15, 0.2) is 4.52 Å². The fourth-order valence-electron chi connectivity index (χ4n) is 0.608. The molecule has 0 unspecified atom stereocenters. The smallest absolute Gasteiger partial charge is 0.330 e. The first-order valence-electron chi connectivity index (χ1n) is 3.95. The summed E-state index contributed by atoms with van der Waals surface area (Å²) in [5.41, 5.74) is 4.07. The highest BCUT2D eigenvalue weighted by Crippen LogP contribution is 2.26. The maximum Gasteiger partial charge on any atom is 0.455 e. The molecule has 0 saturated carbocycles. The maximum atomic E-state index is 12.0. The van der Waals surface area contributed by atoms with Crippen molar-refractivity contribution in [1.82, 2.24) is 20.5 Å². The van der Waals surface area contributed by atoms with Gasteiger partial charge in [0.1, 0.15) is 0 Å². The monoisotopic (exact) mass is 239 g/mol. The number of anilines is 1. The Kier molecular flexibility index (Phi) is 3.20. The number of urea groups is 1. The quantitative estimate of drug-likeness (QED) is 0.742. The molecule has 1 aromatic rings. The number of aromatic nitrogens is 2. The number of amides is 2. The van der Waals surface area contributed by atoms with Crippen LogP contribution in [-0.2, 0) is 6.18 Å². The van der Waals surface area contributed by atoms with Crippen LogP contribution in [0.1, 0.15) is 5.82 Å². The Labute approximate surface area is 87.6 Å². The van der Waals surface area contributed by atoms with Crippen LogP contribution in [0, 0.1) is 0 Å². The van der Waals surface area contributed by atoms with Crippen LogP contribution in [0.25, 0.3) is 0 Å². The van der Waals surface area contributed by atoms with Crippen molar-refractivity contribution < 1.29 is 22.5 Å². The lowest BCUT2D eigenvalue weighted by Crippen LogP contribution is -2.38. The van der Waals surface area contributed by atoms with Crippen LogP contribution < -0.4 is 10.9 Å². The van der Waals surface area contributed by atoms with Crippen molar-refractivity contribution in [3.63, 3.8) is 0 Å². The molecule has 0 atom stereocenters. The largest absolute Gasteiger partial charge is 0.455 e. The van der Waals surface area contributed by atoms with Crippen LogP contribution in [0.3, 0.4) is 0 Å². The number of nitrogens with one attached hydrogen (secondary N) is 2. The number of hydrogen-bond acceptors (Lipinski definition) is 5. The van der Waals surface area contributed by atoms with Crippen molar-refractivity contribution in [2.75, 3.05) is 19.5 Å². The fourth-order valence-corrected chi connectivity index (χ4v) is 0.608. The summed E-state index contributed by atoms with van der Waals surface area (Å²) in [6, 6.07) is -1.13. The fraction of sp³-hybridized carbons (Fsp3) is 0.500. The molecular formula is C6H8F3N5O2. The zero-order valence-corrected chi connectivity index (χ0v) is 8.29. The van der Waals surface area contributed by atoms with Gasteiger partial charge in [0.25, 0.3) is 5.82 Å². The molecular weight excluding hydrogens is 231 g/mol. The third-order valence-corrected chi connectivity index (χ3v) is 1.36. The van der Waals surface area contributed by atoms with Gasteiger partial charge in [-0.15, -0.1) is 0 Å². The highest BCUT2D eigenvalue weighted by atomic mass is 19.4. The number of hydrazine groups is 1. The van der Waals surface area contributed by atoms with E-state index in [4.69, 9.17) is 0 Å². The highest BCUT2D eigenvalue weighted by molar-refractivity contribution is 5.74. The zero-order chi connectivity index (χ0) is 12.3. The summed E-state index contributed by atoms with van der Waals surface area (Å²) >= 11 is 0. The van der Waals surface area contributed by atoms with Crippen molar-refractivity contribution in [3.05, 3.63) is 5.82 Å². The van der Waals surface area contributed by atoms with Crippen LogP contribution in [0.5, 0.6) is 0 Å². The average Bonchev–Trinajstić information content (AvgIpc) is 2.61. The second-order valence-corrected chi connectivity index (χ2v) is 2.87. The number of halogens is 3. The van der Waals surface area contributed by atoms with Crippen molar-refractivity contribution >= 4 is 12.0 Å². The Balaban J connectivity index is 2.57. The van der Waals surface area contributed by atoms with Crippen LogP contribution in [0.2, 0.25) is 0 Å². The van der Waals surface area contributed by atoms with Crippen molar-refractivity contribution in [1.29, 1.82) is 0 Å². The van der Waals surface area contributed by atoms with Gasteiger partial charge in [-0.2, -0.15) is 18.2 Å². The molecule has 0 radical (unpaired) electrons. The standard InChI is InChI=1S/C6H8F3N5O2/c1-14(2)5(15)12-11-4-10-3(13-16-4)6(7,8)9/h1-2H3,(H,12,15)(H,10,11,13). The Morgan fingerprint density at radius 1 is 1.44 bits per heavy atom. The summed E-state index contributed by atoms with van der Waals surface area (Å²) in [4.78, 5) is 15.1. The van der Waals surface area contributed by atoms with E-state index in [2.05, 4.69) is 14.7 Å². The number of carbonyl (C=O) groups is 1. The Hall–Kier alpha value is -2.00. The number of nitrogens with zero attached hydrogens (tertiary/aromatic N) is 3. The second kappa shape index (κ2) is 4.24. The van der Waals surface area contributed by atoms with E-state index in [-0.39, 0.29) is 0 Å². The Morgan fingerprint density at radius 3 is 2.50 bits per heavy atom. The summed E-state index contributed by atoms with van der Waals surface area (Å²) in [6.45, 7) is 0. The van der Waals surface area contributed by atoms with Crippen LogP contribution in [0.4, 0.5) is 24.0 Å². The van der Waals surface area contributed by atoms with Crippen molar-refractivity contribution in [2.45, 2.75) is 6.18 Å². The van der Waals surface area contributed by atoms with Gasteiger partial charge in [0.15, 0.2) is 0 Å². The SMILES string of the molecule is CN(C)C(=O)NNc1nc(C(F)(F)F)no1. The molecule has 0 aromatic carbocycles. The molecule has 0 aliphatic heterocycles. The predicted octanol–water partition coefficient (Wildman–Crippen LogP) is 0.687. The van der Waals surface area contributed by atoms with Gasteiger partial charge >= 0.3 is 18.2 Å². The number of hydrogen-bond donors (Lipinski definition) is 2. The van der Waals surface area contributed by atoms with E-state index in [0.29, 0.717) is 0 Å². The third-order valence-electron chi connectivity index (χ3n) is 1.36. The van der Waals surface area contributed by atoms with Gasteiger partial charge < -0.3 is 9.42 Å². The minimum Gasteiger partial charge on any atom is -0.330 e. The molecule has 0 spiro atoms. The lowest BCUT2D eigenvalue weighted by molar-refractivity contribution is -0.146. The minimum atomic E-state index is -4.69. The first kappa shape index (κ1) is 12.1. The van der Waals surface area contributed by atoms with Gasteiger partial charge in [-0.3, -0.25) is 0 Å². The summed E-state index contributed by atoms with van der Waals surface area (Å²) < 4.78 is 40.3. The molecule has 7 nitrogen and oxygen atoms in total. The average molecular weight is 239 g/mol. The van der Waals surface area contributed by atoms with E-state index in [1.54, 1.807) is 0 Å². The molecule has 0 aliphatic carbocycles. The Morgan fingerprint density at radius 2 is 2.06 bits per heavy atom. The van der Waals surface area contributed by atoms with E-state index < -0.39 is 24.0 Å². The minimum absolute atomic E-state index is 0.553. The van der Waals surface area contributed by atoms with E-state index in [0.717, 1.165) is 4.90 Å². The third kappa shape index (κ3) is 3.00. The second-order valence-electron chi connectivity index (χ2n) is 2.87. The molecule has 0 fully saturated rings. The molecule has 1 heterocycles. The molecule has 10 heteroatoms.